The molecule has 0 saturated heterocycles. The summed E-state index contributed by atoms with van der Waals surface area (Å²) in [5, 5.41) is 3.95. The van der Waals surface area contributed by atoms with Crippen LogP contribution in [0.3, 0.4) is 0 Å². The molecule has 62 valence electrons. The number of primary amides is 1. The van der Waals surface area contributed by atoms with Crippen LogP contribution in [0.15, 0.2) is 18.5 Å². The smallest absolute Gasteiger partial charge is 0.269 e. The lowest BCUT2D eigenvalue weighted by atomic mass is 10.4. The number of nitrogens with two attached hydrogens (primary N) is 1. The molecule has 2 heterocycles. The van der Waals surface area contributed by atoms with Gasteiger partial charge in [0.2, 0.25) is 0 Å². The van der Waals surface area contributed by atoms with E-state index >= 15 is 0 Å². The Morgan fingerprint density at radius 3 is 2.92 bits per heavy atom. The van der Waals surface area contributed by atoms with E-state index in [1.807, 2.05) is 17.8 Å². The van der Waals surface area contributed by atoms with E-state index in [1.54, 1.807) is 16.8 Å². The molecule has 2 aromatic rings. The number of aromatic nitrogens is 3. The van der Waals surface area contributed by atoms with E-state index in [0.29, 0.717) is 5.69 Å². The molecule has 5 heteroatoms. The molecule has 0 aliphatic rings. The Morgan fingerprint density at radius 1 is 1.58 bits per heavy atom. The Hall–Kier alpha value is -1.78. The summed E-state index contributed by atoms with van der Waals surface area (Å²) in [7, 11) is 1.88. The molecule has 2 rings (SSSR count). The third kappa shape index (κ3) is 0.795. The highest BCUT2D eigenvalue weighted by atomic mass is 16.1. The monoisotopic (exact) mass is 164 g/mol. The summed E-state index contributed by atoms with van der Waals surface area (Å²) in [4.78, 5) is 10.7. The van der Waals surface area contributed by atoms with E-state index in [-0.39, 0.29) is 0 Å². The molecule has 0 fully saturated rings. The molecule has 0 aliphatic carbocycles. The zero-order chi connectivity index (χ0) is 8.72. The Morgan fingerprint density at radius 2 is 2.33 bits per heavy atom. The van der Waals surface area contributed by atoms with Crippen LogP contribution in [0, 0.1) is 0 Å². The molecule has 1 amide bonds. The summed E-state index contributed by atoms with van der Waals surface area (Å²) in [5.41, 5.74) is 6.21. The number of aryl methyl sites for hydroxylation is 1. The minimum atomic E-state index is -0.501. The molecule has 5 nitrogen and oxygen atoms in total. The third-order valence-electron chi connectivity index (χ3n) is 1.76. The molecule has 2 aromatic heterocycles. The summed E-state index contributed by atoms with van der Waals surface area (Å²) >= 11 is 0. The zero-order valence-corrected chi connectivity index (χ0v) is 6.56. The second kappa shape index (κ2) is 2.10. The van der Waals surface area contributed by atoms with E-state index in [9.17, 15) is 4.79 Å². The lowest BCUT2D eigenvalue weighted by Crippen LogP contribution is -2.11. The van der Waals surface area contributed by atoms with Crippen LogP contribution in [-0.4, -0.2) is 20.1 Å². The van der Waals surface area contributed by atoms with Crippen molar-refractivity contribution < 1.29 is 4.79 Å². The number of hydrogen-bond donors (Lipinski definition) is 1. The van der Waals surface area contributed by atoms with Crippen molar-refractivity contribution in [3.63, 3.8) is 0 Å². The van der Waals surface area contributed by atoms with Gasteiger partial charge in [0.1, 0.15) is 5.65 Å². The van der Waals surface area contributed by atoms with Crippen LogP contribution in [-0.2, 0) is 7.05 Å². The Kier molecular flexibility index (Phi) is 1.21. The first-order valence-electron chi connectivity index (χ1n) is 3.49. The number of amides is 1. The van der Waals surface area contributed by atoms with Crippen LogP contribution in [0.5, 0.6) is 0 Å². The van der Waals surface area contributed by atoms with E-state index in [0.717, 1.165) is 5.65 Å². The van der Waals surface area contributed by atoms with Crippen LogP contribution in [0.2, 0.25) is 0 Å². The van der Waals surface area contributed by atoms with Gasteiger partial charge in [-0.25, -0.2) is 4.52 Å². The molecule has 0 aliphatic heterocycles. The topological polar surface area (TPSA) is 65.3 Å². The normalized spacial score (nSPS) is 10.8. The first-order valence-corrected chi connectivity index (χ1v) is 3.49. The third-order valence-corrected chi connectivity index (χ3v) is 1.76. The van der Waals surface area contributed by atoms with E-state index < -0.39 is 5.91 Å². The average molecular weight is 164 g/mol. The molecule has 0 spiro atoms. The van der Waals surface area contributed by atoms with Crippen LogP contribution in [0.25, 0.3) is 5.65 Å². The Labute approximate surface area is 68.4 Å². The summed E-state index contributed by atoms with van der Waals surface area (Å²) in [5.74, 6) is -0.501. The van der Waals surface area contributed by atoms with Crippen molar-refractivity contribution in [3.05, 3.63) is 24.2 Å². The van der Waals surface area contributed by atoms with Crippen molar-refractivity contribution in [2.24, 2.45) is 12.8 Å². The van der Waals surface area contributed by atoms with Crippen LogP contribution in [0.4, 0.5) is 0 Å². The highest BCUT2D eigenvalue weighted by Gasteiger charge is 2.07. The Balaban J connectivity index is 2.70. The van der Waals surface area contributed by atoms with Gasteiger partial charge >= 0.3 is 0 Å². The zero-order valence-electron chi connectivity index (χ0n) is 6.56. The van der Waals surface area contributed by atoms with Gasteiger partial charge in [0.25, 0.3) is 5.91 Å². The highest BCUT2D eigenvalue weighted by Crippen LogP contribution is 2.05. The van der Waals surface area contributed by atoms with Gasteiger partial charge in [0.05, 0.1) is 0 Å². The lowest BCUT2D eigenvalue weighted by Gasteiger charge is -1.85. The van der Waals surface area contributed by atoms with Crippen molar-refractivity contribution in [2.45, 2.75) is 0 Å². The summed E-state index contributed by atoms with van der Waals surface area (Å²) in [6.45, 7) is 0. The molecule has 0 radical (unpaired) electrons. The first kappa shape index (κ1) is 6.90. The molecule has 12 heavy (non-hydrogen) atoms. The van der Waals surface area contributed by atoms with Crippen LogP contribution >= 0.6 is 0 Å². The maximum atomic E-state index is 10.7. The molecule has 0 atom stereocenters. The van der Waals surface area contributed by atoms with E-state index in [4.69, 9.17) is 5.73 Å². The quantitative estimate of drug-likeness (QED) is 0.632. The number of hydrogen-bond acceptors (Lipinski definition) is 2. The standard InChI is InChI=1S/C7H8N4O/c1-10-2-3-11-6(10)4-5(9-11)7(8)12/h2-4H,1H3,(H2,8,12). The van der Waals surface area contributed by atoms with E-state index in [2.05, 4.69) is 5.10 Å². The fourth-order valence-corrected chi connectivity index (χ4v) is 1.12. The maximum absolute atomic E-state index is 10.7. The molecule has 2 N–H and O–H groups in total. The van der Waals surface area contributed by atoms with Gasteiger partial charge in [0.15, 0.2) is 5.69 Å². The van der Waals surface area contributed by atoms with Crippen molar-refractivity contribution in [1.82, 2.24) is 14.2 Å². The fourth-order valence-electron chi connectivity index (χ4n) is 1.12. The fraction of sp³-hybridized carbons (Fsp3) is 0.143. The second-order valence-corrected chi connectivity index (χ2v) is 2.61. The van der Waals surface area contributed by atoms with Crippen LogP contribution in [0.1, 0.15) is 10.5 Å². The summed E-state index contributed by atoms with van der Waals surface area (Å²) in [6.07, 6.45) is 3.62. The minimum absolute atomic E-state index is 0.293. The van der Waals surface area contributed by atoms with Crippen LogP contribution < -0.4 is 5.73 Å². The SMILES string of the molecule is Cn1ccn2nc(C(N)=O)cc12. The molecular formula is C7H8N4O. The largest absolute Gasteiger partial charge is 0.364 e. The number of imidazole rings is 1. The second-order valence-electron chi connectivity index (χ2n) is 2.61. The molecule has 0 bridgehead atoms. The van der Waals surface area contributed by atoms with E-state index in [1.165, 1.54) is 0 Å². The van der Waals surface area contributed by atoms with Gasteiger partial charge in [0, 0.05) is 25.5 Å². The number of carbonyl (C=O) groups is 1. The van der Waals surface area contributed by atoms with Gasteiger partial charge in [-0.05, 0) is 0 Å². The van der Waals surface area contributed by atoms with Gasteiger partial charge < -0.3 is 10.3 Å². The summed E-state index contributed by atoms with van der Waals surface area (Å²) < 4.78 is 3.47. The number of fused-ring (bicyclic) bond motifs is 1. The number of carbonyl (C=O) groups excluding carboxylic acids is 1. The minimum Gasteiger partial charge on any atom is -0.364 e. The van der Waals surface area contributed by atoms with Gasteiger partial charge in [-0.1, -0.05) is 0 Å². The van der Waals surface area contributed by atoms with Gasteiger partial charge in [-0.15, -0.1) is 0 Å². The number of rotatable bonds is 1. The van der Waals surface area contributed by atoms with Crippen molar-refractivity contribution in [1.29, 1.82) is 0 Å². The predicted molar refractivity (Wildman–Crippen MR) is 42.7 cm³/mol. The maximum Gasteiger partial charge on any atom is 0.269 e. The first-order chi connectivity index (χ1) is 5.68. The average Bonchev–Trinajstić information content (AvgIpc) is 2.53. The molecule has 0 aromatic carbocycles. The number of nitrogens with zero attached hydrogens (tertiary/aromatic N) is 3. The predicted octanol–water partition coefficient (Wildman–Crippen LogP) is -0.228. The Bertz CT molecular complexity index is 439. The van der Waals surface area contributed by atoms with Crippen molar-refractivity contribution >= 4 is 11.6 Å². The molecular weight excluding hydrogens is 156 g/mol. The molecule has 0 unspecified atom stereocenters. The van der Waals surface area contributed by atoms with Crippen molar-refractivity contribution in [2.75, 3.05) is 0 Å². The lowest BCUT2D eigenvalue weighted by molar-refractivity contribution is 0.0995. The summed E-state index contributed by atoms with van der Waals surface area (Å²) in [6, 6.07) is 1.66. The van der Waals surface area contributed by atoms with Gasteiger partial charge in [-0.3, -0.25) is 4.79 Å². The molecule has 0 saturated carbocycles. The van der Waals surface area contributed by atoms with Crippen molar-refractivity contribution in [3.8, 4) is 0 Å². The highest BCUT2D eigenvalue weighted by molar-refractivity contribution is 5.91. The van der Waals surface area contributed by atoms with Gasteiger partial charge in [-0.2, -0.15) is 5.10 Å².